The molecule has 0 N–H and O–H groups in total. The third-order valence-corrected chi connectivity index (χ3v) is 1.68. The molecule has 0 aliphatic rings. The first-order chi connectivity index (χ1) is 4.95. The fourth-order valence-corrected chi connectivity index (χ4v) is 0.414. The van der Waals surface area contributed by atoms with Crippen molar-refractivity contribution >= 4 is 64.0 Å². The second kappa shape index (κ2) is 5.33. The lowest BCUT2D eigenvalue weighted by molar-refractivity contribution is -0.136. The molecule has 0 saturated carbocycles. The van der Waals surface area contributed by atoms with E-state index in [4.69, 9.17) is 58.0 Å². The van der Waals surface area contributed by atoms with E-state index in [1.165, 1.54) is 0 Å². The van der Waals surface area contributed by atoms with E-state index in [-0.39, 0.29) is 4.49 Å². The summed E-state index contributed by atoms with van der Waals surface area (Å²) < 4.78 is 3.88. The number of rotatable bonds is 2. The van der Waals surface area contributed by atoms with Crippen LogP contribution in [-0.4, -0.2) is 10.8 Å². The maximum absolute atomic E-state index is 10.5. The maximum Gasteiger partial charge on any atom is 0.345 e. The summed E-state index contributed by atoms with van der Waals surface area (Å²) in [5.41, 5.74) is 0. The quantitative estimate of drug-likeness (QED) is 0.432. The van der Waals surface area contributed by atoms with Crippen LogP contribution in [0, 0.1) is 0 Å². The van der Waals surface area contributed by atoms with Crippen LogP contribution in [0.3, 0.4) is 0 Å². The van der Waals surface area contributed by atoms with Crippen molar-refractivity contribution in [1.82, 2.24) is 0 Å². The zero-order valence-corrected chi connectivity index (χ0v) is 8.56. The second-order valence-corrected chi connectivity index (χ2v) is 3.64. The molecule has 11 heavy (non-hydrogen) atoms. The zero-order valence-electron chi connectivity index (χ0n) is 4.78. The van der Waals surface area contributed by atoms with Gasteiger partial charge in [0.05, 0.1) is 0 Å². The number of ether oxygens (including phenoxy) is 1. The molecule has 2 nitrogen and oxygen atoms in total. The molecule has 0 aromatic heterocycles. The molecule has 0 spiro atoms. The first-order valence-electron chi connectivity index (χ1n) is 2.15. The molecule has 64 valence electrons. The van der Waals surface area contributed by atoms with E-state index >= 15 is 0 Å². The highest BCUT2D eigenvalue weighted by Crippen LogP contribution is 2.20. The van der Waals surface area contributed by atoms with Gasteiger partial charge in [0.1, 0.15) is 0 Å². The van der Waals surface area contributed by atoms with Gasteiger partial charge in [0.15, 0.2) is 4.49 Å². The van der Waals surface area contributed by atoms with E-state index in [2.05, 4.69) is 4.74 Å². The zero-order chi connectivity index (χ0) is 9.02. The van der Waals surface area contributed by atoms with Crippen LogP contribution in [0.25, 0.3) is 0 Å². The topological polar surface area (TPSA) is 26.3 Å². The molecule has 0 aliphatic carbocycles. The van der Waals surface area contributed by atoms with Crippen LogP contribution in [0.2, 0.25) is 0 Å². The van der Waals surface area contributed by atoms with Gasteiger partial charge in [-0.05, 0) is 11.6 Å². The number of alkyl halides is 2. The Balaban J connectivity index is 4.07. The number of hydrogen-bond acceptors (Lipinski definition) is 2. The number of carbonyl (C=O) groups excluding carboxylic acids is 1. The Morgan fingerprint density at radius 1 is 1.18 bits per heavy atom. The lowest BCUT2D eigenvalue weighted by atomic mass is 10.8. The third kappa shape index (κ3) is 4.99. The van der Waals surface area contributed by atoms with Gasteiger partial charge in [0, 0.05) is 0 Å². The van der Waals surface area contributed by atoms with Gasteiger partial charge in [0.25, 0.3) is 0 Å². The Morgan fingerprint density at radius 3 is 1.91 bits per heavy atom. The molecule has 0 saturated heterocycles. The van der Waals surface area contributed by atoms with Gasteiger partial charge in [-0.15, -0.1) is 0 Å². The fourth-order valence-electron chi connectivity index (χ4n) is 0.171. The molecular formula is C4HCl5O2. The second-order valence-electron chi connectivity index (χ2n) is 1.26. The monoisotopic (exact) mass is 256 g/mol. The summed E-state index contributed by atoms with van der Waals surface area (Å²) in [5, 5.41) is -0.454. The summed E-state index contributed by atoms with van der Waals surface area (Å²) in [4.78, 5) is 9.23. The van der Waals surface area contributed by atoms with Gasteiger partial charge in [-0.2, -0.15) is 0 Å². The first kappa shape index (κ1) is 11.7. The van der Waals surface area contributed by atoms with E-state index in [9.17, 15) is 4.79 Å². The molecule has 0 fully saturated rings. The lowest BCUT2D eigenvalue weighted by Gasteiger charge is -2.01. The SMILES string of the molecule is O=C(OC(Cl)=C(Cl)Cl)C(Cl)Cl. The minimum atomic E-state index is -1.31. The van der Waals surface area contributed by atoms with Crippen LogP contribution < -0.4 is 0 Å². The van der Waals surface area contributed by atoms with Gasteiger partial charge in [0.2, 0.25) is 10.1 Å². The highest BCUT2D eigenvalue weighted by molar-refractivity contribution is 6.59. The van der Waals surface area contributed by atoms with Crippen molar-refractivity contribution in [2.75, 3.05) is 0 Å². The van der Waals surface area contributed by atoms with Crippen LogP contribution in [0.15, 0.2) is 9.71 Å². The summed E-state index contributed by atoms with van der Waals surface area (Å²) >= 11 is 25.7. The number of hydrogen-bond donors (Lipinski definition) is 0. The largest absolute Gasteiger partial charge is 0.409 e. The van der Waals surface area contributed by atoms with Crippen LogP contribution >= 0.6 is 58.0 Å². The minimum Gasteiger partial charge on any atom is -0.409 e. The van der Waals surface area contributed by atoms with E-state index in [0.29, 0.717) is 0 Å². The van der Waals surface area contributed by atoms with E-state index in [1.54, 1.807) is 0 Å². The van der Waals surface area contributed by atoms with Crippen molar-refractivity contribution in [1.29, 1.82) is 0 Å². The van der Waals surface area contributed by atoms with Crippen LogP contribution in [0.1, 0.15) is 0 Å². The smallest absolute Gasteiger partial charge is 0.345 e. The standard InChI is InChI=1S/C4HCl5O2/c5-1(6)3(9)11-4(10)2(7)8/h2H. The molecule has 0 aromatic carbocycles. The average Bonchev–Trinajstić information content (AvgIpc) is 1.87. The Labute approximate surface area is 87.9 Å². The molecule has 0 heterocycles. The number of carbonyl (C=O) groups is 1. The van der Waals surface area contributed by atoms with Crippen LogP contribution in [0.5, 0.6) is 0 Å². The third-order valence-electron chi connectivity index (χ3n) is 0.517. The summed E-state index contributed by atoms with van der Waals surface area (Å²) in [5.74, 6) is -0.933. The molecule has 0 unspecified atom stereocenters. The van der Waals surface area contributed by atoms with Crippen LogP contribution in [-0.2, 0) is 9.53 Å². The van der Waals surface area contributed by atoms with Crippen molar-refractivity contribution in [2.45, 2.75) is 4.84 Å². The predicted molar refractivity (Wildman–Crippen MR) is 46.2 cm³/mol. The molecule has 7 heteroatoms. The molecule has 0 atom stereocenters. The molecule has 0 rings (SSSR count). The van der Waals surface area contributed by atoms with Crippen molar-refractivity contribution in [3.8, 4) is 0 Å². The van der Waals surface area contributed by atoms with Crippen molar-refractivity contribution < 1.29 is 9.53 Å². The molecule has 0 aliphatic heterocycles. The van der Waals surface area contributed by atoms with Gasteiger partial charge >= 0.3 is 5.97 Å². The van der Waals surface area contributed by atoms with Gasteiger partial charge in [-0.25, -0.2) is 4.79 Å². The van der Waals surface area contributed by atoms with Crippen molar-refractivity contribution in [3.63, 3.8) is 0 Å². The van der Waals surface area contributed by atoms with E-state index in [1.807, 2.05) is 0 Å². The van der Waals surface area contributed by atoms with Crippen LogP contribution in [0.4, 0.5) is 0 Å². The average molecular weight is 258 g/mol. The van der Waals surface area contributed by atoms with Gasteiger partial charge in [-0.3, -0.25) is 0 Å². The first-order valence-corrected chi connectivity index (χ1v) is 4.16. The normalized spacial score (nSPS) is 9.64. The maximum atomic E-state index is 10.5. The Bertz CT molecular complexity index is 183. The highest BCUT2D eigenvalue weighted by Gasteiger charge is 2.15. The Kier molecular flexibility index (Phi) is 5.65. The molecular weight excluding hydrogens is 257 g/mol. The van der Waals surface area contributed by atoms with E-state index in [0.717, 1.165) is 0 Å². The lowest BCUT2D eigenvalue weighted by Crippen LogP contribution is -2.10. The van der Waals surface area contributed by atoms with Crippen molar-refractivity contribution in [3.05, 3.63) is 9.71 Å². The molecule has 0 radical (unpaired) electrons. The summed E-state index contributed by atoms with van der Waals surface area (Å²) in [6, 6.07) is 0. The van der Waals surface area contributed by atoms with Crippen molar-refractivity contribution in [2.24, 2.45) is 0 Å². The fraction of sp³-hybridized carbons (Fsp3) is 0.250. The summed E-state index contributed by atoms with van der Waals surface area (Å²) in [6.45, 7) is 0. The van der Waals surface area contributed by atoms with Gasteiger partial charge < -0.3 is 4.74 Å². The summed E-state index contributed by atoms with van der Waals surface area (Å²) in [7, 11) is 0. The Morgan fingerprint density at radius 2 is 1.64 bits per heavy atom. The molecule has 0 amide bonds. The summed E-state index contributed by atoms with van der Waals surface area (Å²) in [6.07, 6.45) is 0. The minimum absolute atomic E-state index is 0.367. The predicted octanol–water partition coefficient (Wildman–Crippen LogP) is 3.18. The van der Waals surface area contributed by atoms with E-state index < -0.39 is 16.0 Å². The van der Waals surface area contributed by atoms with Gasteiger partial charge in [-0.1, -0.05) is 46.4 Å². The highest BCUT2D eigenvalue weighted by atomic mass is 35.5. The molecule has 0 bridgehead atoms. The molecule has 0 aromatic rings. The Hall–Kier alpha value is 0.660. The number of halogens is 5. The number of esters is 1.